The van der Waals surface area contributed by atoms with Crippen LogP contribution >= 0.6 is 11.6 Å². The Balaban J connectivity index is 2.28. The second-order valence-electron chi connectivity index (χ2n) is 6.48. The third-order valence-corrected chi connectivity index (χ3v) is 4.28. The van der Waals surface area contributed by atoms with Crippen molar-refractivity contribution in [2.45, 2.75) is 51.3 Å². The van der Waals surface area contributed by atoms with E-state index >= 15 is 0 Å². The van der Waals surface area contributed by atoms with Crippen LogP contribution in [0.3, 0.4) is 0 Å². The molecule has 2 aliphatic heterocycles. The van der Waals surface area contributed by atoms with E-state index < -0.39 is 34.7 Å². The van der Waals surface area contributed by atoms with E-state index in [1.165, 1.54) is 12.0 Å². The van der Waals surface area contributed by atoms with Crippen molar-refractivity contribution in [3.05, 3.63) is 0 Å². The summed E-state index contributed by atoms with van der Waals surface area (Å²) in [5, 5.41) is -0.605. The van der Waals surface area contributed by atoms with Crippen molar-refractivity contribution in [2.24, 2.45) is 11.8 Å². The molecule has 2 heterocycles. The van der Waals surface area contributed by atoms with E-state index in [0.717, 1.165) is 0 Å². The van der Waals surface area contributed by atoms with Crippen molar-refractivity contribution in [1.82, 2.24) is 4.90 Å². The summed E-state index contributed by atoms with van der Waals surface area (Å²) in [7, 11) is 1.27. The molecule has 4 atom stereocenters. The quantitative estimate of drug-likeness (QED) is 0.575. The minimum absolute atomic E-state index is 0.384. The normalized spacial score (nSPS) is 31.2. The fourth-order valence-electron chi connectivity index (χ4n) is 3.37. The highest BCUT2D eigenvalue weighted by molar-refractivity contribution is 6.64. The van der Waals surface area contributed by atoms with Crippen molar-refractivity contribution in [3.63, 3.8) is 0 Å². The van der Waals surface area contributed by atoms with Crippen LogP contribution in [0.15, 0.2) is 0 Å². The van der Waals surface area contributed by atoms with E-state index in [2.05, 4.69) is 0 Å². The molecule has 2 fully saturated rings. The van der Waals surface area contributed by atoms with Gasteiger partial charge in [-0.05, 0) is 45.2 Å². The van der Waals surface area contributed by atoms with Gasteiger partial charge in [-0.25, -0.2) is 4.79 Å². The molecular formula is C14H20ClNO5. The second-order valence-corrected chi connectivity index (χ2v) is 6.85. The number of carbonyl (C=O) groups is 3. The molecule has 7 heteroatoms. The minimum atomic E-state index is -0.717. The van der Waals surface area contributed by atoms with Crippen LogP contribution in [-0.4, -0.2) is 47.0 Å². The Labute approximate surface area is 128 Å². The highest BCUT2D eigenvalue weighted by atomic mass is 35.5. The molecule has 0 aromatic carbocycles. The minimum Gasteiger partial charge on any atom is -0.469 e. The number of amides is 1. The van der Waals surface area contributed by atoms with Crippen molar-refractivity contribution in [2.75, 3.05) is 7.11 Å². The van der Waals surface area contributed by atoms with Gasteiger partial charge in [-0.1, -0.05) is 0 Å². The first kappa shape index (κ1) is 16.1. The topological polar surface area (TPSA) is 72.9 Å². The predicted octanol–water partition coefficient (Wildman–Crippen LogP) is 1.94. The molecule has 0 spiro atoms. The summed E-state index contributed by atoms with van der Waals surface area (Å²) in [5.41, 5.74) is -0.639. The number of ether oxygens (including phenoxy) is 2. The van der Waals surface area contributed by atoms with Gasteiger partial charge in [-0.2, -0.15) is 0 Å². The molecule has 0 radical (unpaired) electrons. The number of methoxy groups -OCH3 is 1. The summed E-state index contributed by atoms with van der Waals surface area (Å²) in [6.07, 6.45) is 0.773. The number of nitrogens with zero attached hydrogens (tertiary/aromatic N) is 1. The van der Waals surface area contributed by atoms with Crippen LogP contribution < -0.4 is 0 Å². The van der Waals surface area contributed by atoms with Crippen molar-refractivity contribution < 1.29 is 23.9 Å². The Kier molecular flexibility index (Phi) is 4.19. The maximum Gasteiger partial charge on any atom is 0.410 e. The number of carbonyl (C=O) groups excluding carboxylic acids is 3. The number of esters is 1. The molecule has 118 valence electrons. The van der Waals surface area contributed by atoms with Gasteiger partial charge in [0.05, 0.1) is 18.9 Å². The Morgan fingerprint density at radius 1 is 1.10 bits per heavy atom. The molecule has 0 N–H and O–H groups in total. The van der Waals surface area contributed by atoms with Gasteiger partial charge in [0.25, 0.3) is 0 Å². The number of hydrogen-bond acceptors (Lipinski definition) is 5. The van der Waals surface area contributed by atoms with Crippen LogP contribution in [0.4, 0.5) is 4.79 Å². The molecule has 6 nitrogen and oxygen atoms in total. The summed E-state index contributed by atoms with van der Waals surface area (Å²) < 4.78 is 10.1. The van der Waals surface area contributed by atoms with Crippen molar-refractivity contribution in [1.29, 1.82) is 0 Å². The number of fused-ring (bicyclic) bond motifs is 2. The van der Waals surface area contributed by atoms with E-state index in [1.54, 1.807) is 20.8 Å². The van der Waals surface area contributed by atoms with Crippen LogP contribution in [0.1, 0.15) is 33.6 Å². The number of rotatable bonds is 2. The monoisotopic (exact) mass is 317 g/mol. The van der Waals surface area contributed by atoms with Gasteiger partial charge in [0.2, 0.25) is 5.24 Å². The van der Waals surface area contributed by atoms with E-state index in [9.17, 15) is 14.4 Å². The largest absolute Gasteiger partial charge is 0.469 e. The second kappa shape index (κ2) is 5.48. The fourth-order valence-corrected chi connectivity index (χ4v) is 3.65. The average Bonchev–Trinajstić information content (AvgIpc) is 2.90. The number of hydrogen-bond donors (Lipinski definition) is 0. The summed E-state index contributed by atoms with van der Waals surface area (Å²) in [5.74, 6) is -1.92. The van der Waals surface area contributed by atoms with Gasteiger partial charge in [0.1, 0.15) is 5.60 Å². The molecule has 2 aliphatic rings. The van der Waals surface area contributed by atoms with E-state index in [1.807, 2.05) is 0 Å². The van der Waals surface area contributed by atoms with Gasteiger partial charge in [0.15, 0.2) is 0 Å². The Morgan fingerprint density at radius 2 is 1.62 bits per heavy atom. The zero-order valence-electron chi connectivity index (χ0n) is 12.6. The van der Waals surface area contributed by atoms with Crippen LogP contribution in [0, 0.1) is 11.8 Å². The average molecular weight is 318 g/mol. The maximum atomic E-state index is 12.3. The summed E-state index contributed by atoms with van der Waals surface area (Å²) in [4.78, 5) is 37.5. The first-order chi connectivity index (χ1) is 9.67. The summed E-state index contributed by atoms with van der Waals surface area (Å²) in [6.45, 7) is 5.31. The van der Waals surface area contributed by atoms with Gasteiger partial charge < -0.3 is 14.4 Å². The summed E-state index contributed by atoms with van der Waals surface area (Å²) >= 11 is 5.65. The molecule has 0 aliphatic carbocycles. The van der Waals surface area contributed by atoms with Crippen molar-refractivity contribution >= 4 is 28.9 Å². The fraction of sp³-hybridized carbons (Fsp3) is 0.786. The molecule has 0 aromatic heterocycles. The lowest BCUT2D eigenvalue weighted by Crippen LogP contribution is -2.41. The molecule has 0 unspecified atom stereocenters. The zero-order chi connectivity index (χ0) is 15.9. The standard InChI is InChI=1S/C14H20ClNO5/c1-14(2,3)21-13(19)16-7-5-6-8(16)10(12(18)20-4)9(7)11(15)17/h7-10H,5-6H2,1-4H3/t7-,8+,9+,10-/m1/s1. The lowest BCUT2D eigenvalue weighted by Gasteiger charge is -2.27. The van der Waals surface area contributed by atoms with E-state index in [-0.39, 0.29) is 12.1 Å². The zero-order valence-corrected chi connectivity index (χ0v) is 13.3. The van der Waals surface area contributed by atoms with Gasteiger partial charge in [-0.15, -0.1) is 0 Å². The van der Waals surface area contributed by atoms with Crippen molar-refractivity contribution in [3.8, 4) is 0 Å². The highest BCUT2D eigenvalue weighted by Crippen LogP contribution is 2.47. The molecule has 0 aromatic rings. The molecular weight excluding hydrogens is 298 g/mol. The third-order valence-electron chi connectivity index (χ3n) is 4.03. The van der Waals surface area contributed by atoms with Crippen LogP contribution in [0.25, 0.3) is 0 Å². The van der Waals surface area contributed by atoms with Crippen LogP contribution in [0.5, 0.6) is 0 Å². The van der Waals surface area contributed by atoms with Crippen LogP contribution in [-0.2, 0) is 19.1 Å². The van der Waals surface area contributed by atoms with E-state index in [4.69, 9.17) is 21.1 Å². The Morgan fingerprint density at radius 3 is 2.05 bits per heavy atom. The molecule has 0 saturated carbocycles. The maximum absolute atomic E-state index is 12.3. The Bertz CT molecular complexity index is 472. The van der Waals surface area contributed by atoms with E-state index in [0.29, 0.717) is 12.8 Å². The highest BCUT2D eigenvalue weighted by Gasteiger charge is 2.61. The molecule has 2 saturated heterocycles. The SMILES string of the molecule is COC(=O)[C@H]1[C@@H](C(=O)Cl)[C@H]2CC[C@@H]1N2C(=O)OC(C)(C)C. The number of halogens is 1. The molecule has 1 amide bonds. The summed E-state index contributed by atoms with van der Waals surface area (Å²) in [6, 6.07) is -0.774. The smallest absolute Gasteiger partial charge is 0.410 e. The molecule has 21 heavy (non-hydrogen) atoms. The van der Waals surface area contributed by atoms with Gasteiger partial charge in [0, 0.05) is 12.1 Å². The van der Waals surface area contributed by atoms with Gasteiger partial charge >= 0.3 is 12.1 Å². The third kappa shape index (κ3) is 2.86. The Hall–Kier alpha value is -1.30. The predicted molar refractivity (Wildman–Crippen MR) is 74.7 cm³/mol. The van der Waals surface area contributed by atoms with Gasteiger partial charge in [-0.3, -0.25) is 9.59 Å². The first-order valence-corrected chi connectivity index (χ1v) is 7.33. The lowest BCUT2D eigenvalue weighted by atomic mass is 9.80. The lowest BCUT2D eigenvalue weighted by molar-refractivity contribution is -0.149. The molecule has 2 bridgehead atoms. The molecule has 2 rings (SSSR count). The first-order valence-electron chi connectivity index (χ1n) is 6.96. The van der Waals surface area contributed by atoms with Crippen LogP contribution in [0.2, 0.25) is 0 Å².